The van der Waals surface area contributed by atoms with Crippen LogP contribution in [0.3, 0.4) is 0 Å². The van der Waals surface area contributed by atoms with E-state index in [1.54, 1.807) is 24.8 Å². The molecule has 0 fully saturated rings. The van der Waals surface area contributed by atoms with Crippen LogP contribution in [0.2, 0.25) is 0 Å². The normalized spacial score (nSPS) is 12.3. The highest BCUT2D eigenvalue weighted by atomic mass is 14.8. The van der Waals surface area contributed by atoms with Crippen LogP contribution in [0.5, 0.6) is 0 Å². The van der Waals surface area contributed by atoms with Crippen molar-refractivity contribution in [1.82, 2.24) is 29.9 Å². The highest BCUT2D eigenvalue weighted by molar-refractivity contribution is 5.97. The summed E-state index contributed by atoms with van der Waals surface area (Å²) in [6, 6.07) is 74.4. The minimum absolute atomic E-state index is 0.519. The second-order valence-corrected chi connectivity index (χ2v) is 16.8. The summed E-state index contributed by atoms with van der Waals surface area (Å²) in [5.74, 6) is 0. The predicted octanol–water partition coefficient (Wildman–Crippen LogP) is 14.1. The second kappa shape index (κ2) is 16.8. The largest absolute Gasteiger partial charge is 0.248 e. The van der Waals surface area contributed by atoms with E-state index >= 15 is 0 Å². The van der Waals surface area contributed by atoms with E-state index in [2.05, 4.69) is 202 Å². The van der Waals surface area contributed by atoms with Gasteiger partial charge in [-0.1, -0.05) is 152 Å². The first-order valence-electron chi connectivity index (χ1n) is 22.4. The van der Waals surface area contributed by atoms with Crippen LogP contribution in [-0.4, -0.2) is 29.9 Å². The average molecular weight is 857 g/mol. The molecule has 0 saturated heterocycles. The molecule has 0 bridgehead atoms. The van der Waals surface area contributed by atoms with E-state index in [0.717, 1.165) is 72.8 Å². The summed E-state index contributed by atoms with van der Waals surface area (Å²) in [7, 11) is 0. The monoisotopic (exact) mass is 856 g/mol. The van der Waals surface area contributed by atoms with Crippen molar-refractivity contribution in [3.8, 4) is 89.5 Å². The summed E-state index contributed by atoms with van der Waals surface area (Å²) in [5.41, 5.74) is 20.8. The van der Waals surface area contributed by atoms with Crippen molar-refractivity contribution in [2.75, 3.05) is 0 Å². The first-order chi connectivity index (χ1) is 33.2. The zero-order valence-corrected chi connectivity index (χ0v) is 36.3. The number of rotatable bonds is 9. The quantitative estimate of drug-likeness (QED) is 0.144. The molecule has 11 aromatic rings. The fraction of sp³-hybridized carbons (Fsp3) is 0.0164. The van der Waals surface area contributed by atoms with E-state index in [9.17, 15) is 0 Å². The van der Waals surface area contributed by atoms with Gasteiger partial charge in [0.25, 0.3) is 0 Å². The molecule has 0 atom stereocenters. The number of hydrogen-bond donors (Lipinski definition) is 0. The van der Waals surface area contributed by atoms with Gasteiger partial charge in [-0.05, 0) is 121 Å². The number of nitrogens with zero attached hydrogens (tertiary/aromatic N) is 6. The lowest BCUT2D eigenvalue weighted by molar-refractivity contribution is 0.768. The van der Waals surface area contributed by atoms with Crippen LogP contribution >= 0.6 is 0 Å². The van der Waals surface area contributed by atoms with Gasteiger partial charge in [0.2, 0.25) is 0 Å². The van der Waals surface area contributed by atoms with Gasteiger partial charge >= 0.3 is 0 Å². The van der Waals surface area contributed by atoms with E-state index in [-0.39, 0.29) is 0 Å². The SMILES string of the molecule is c1ccc(C2(c3ccccc3)c3ccccc3-c3c(-c4cc(-c5cccc(-c6cccc(-c7cncnc7)n6)c5)cc(-c5cccc(-c6cccc(-c7cncnc7)n6)c5)c4)cccc32)cc1. The number of aromatic nitrogens is 6. The van der Waals surface area contributed by atoms with Gasteiger partial charge in [0.1, 0.15) is 12.7 Å². The van der Waals surface area contributed by atoms with Crippen molar-refractivity contribution < 1.29 is 0 Å². The van der Waals surface area contributed by atoms with Crippen molar-refractivity contribution in [3.63, 3.8) is 0 Å². The Morgan fingerprint density at radius 2 is 0.657 bits per heavy atom. The lowest BCUT2D eigenvalue weighted by atomic mass is 9.67. The summed E-state index contributed by atoms with van der Waals surface area (Å²) >= 11 is 0. The Morgan fingerprint density at radius 3 is 1.19 bits per heavy atom. The van der Waals surface area contributed by atoms with Crippen LogP contribution in [0.4, 0.5) is 0 Å². The smallest absolute Gasteiger partial charge is 0.115 e. The number of hydrogen-bond acceptors (Lipinski definition) is 6. The van der Waals surface area contributed by atoms with Gasteiger partial charge in [0.05, 0.1) is 28.2 Å². The van der Waals surface area contributed by atoms with Gasteiger partial charge < -0.3 is 0 Å². The van der Waals surface area contributed by atoms with Crippen molar-refractivity contribution >= 4 is 0 Å². The van der Waals surface area contributed by atoms with E-state index < -0.39 is 5.41 Å². The third-order valence-electron chi connectivity index (χ3n) is 12.9. The van der Waals surface area contributed by atoms with E-state index in [4.69, 9.17) is 9.97 Å². The van der Waals surface area contributed by atoms with Gasteiger partial charge in [-0.3, -0.25) is 0 Å². The molecule has 7 aromatic carbocycles. The molecule has 0 aliphatic heterocycles. The Labute approximate surface area is 389 Å². The van der Waals surface area contributed by atoms with Crippen molar-refractivity contribution in [2.24, 2.45) is 0 Å². The molecule has 6 heteroatoms. The highest BCUT2D eigenvalue weighted by Crippen LogP contribution is 2.58. The maximum absolute atomic E-state index is 5.07. The minimum Gasteiger partial charge on any atom is -0.248 e. The molecule has 0 radical (unpaired) electrons. The Balaban J connectivity index is 1.06. The van der Waals surface area contributed by atoms with Crippen molar-refractivity contribution in [2.45, 2.75) is 5.41 Å². The zero-order chi connectivity index (χ0) is 44.6. The lowest BCUT2D eigenvalue weighted by Crippen LogP contribution is -2.28. The maximum Gasteiger partial charge on any atom is 0.115 e. The molecule has 67 heavy (non-hydrogen) atoms. The Hall–Kier alpha value is -9.00. The third-order valence-corrected chi connectivity index (χ3v) is 12.9. The molecular formula is C61H40N6. The standard InChI is InChI=1S/C61H40N6/c1-3-18-50(19-4-1)61(51-20-5-2-6-21-51)54-24-8-7-22-53(54)60-52(23-11-25-55(60)61)47-33-45(41-14-9-16-43(30-41)56-26-12-28-58(66-56)48-35-62-39-63-36-48)32-46(34-47)42-15-10-17-44(31-42)57-27-13-29-59(67-57)49-37-64-40-65-38-49/h1-40H. The van der Waals surface area contributed by atoms with Crippen LogP contribution in [0.15, 0.2) is 244 Å². The van der Waals surface area contributed by atoms with E-state index in [0.29, 0.717) is 0 Å². The molecule has 1 aliphatic rings. The first-order valence-corrected chi connectivity index (χ1v) is 22.4. The fourth-order valence-electron chi connectivity index (χ4n) is 9.94. The van der Waals surface area contributed by atoms with Crippen LogP contribution in [-0.2, 0) is 5.41 Å². The van der Waals surface area contributed by atoms with Gasteiger partial charge in [-0.2, -0.15) is 0 Å². The molecule has 4 heterocycles. The van der Waals surface area contributed by atoms with Crippen LogP contribution in [0.1, 0.15) is 22.3 Å². The summed E-state index contributed by atoms with van der Waals surface area (Å²) in [4.78, 5) is 27.1. The number of benzene rings is 7. The first kappa shape index (κ1) is 39.6. The van der Waals surface area contributed by atoms with Crippen molar-refractivity contribution in [3.05, 3.63) is 266 Å². The Bertz CT molecular complexity index is 3390. The predicted molar refractivity (Wildman–Crippen MR) is 269 cm³/mol. The minimum atomic E-state index is -0.519. The molecule has 314 valence electrons. The molecule has 12 rings (SSSR count). The highest BCUT2D eigenvalue weighted by Gasteiger charge is 2.46. The third kappa shape index (κ3) is 7.09. The van der Waals surface area contributed by atoms with Gasteiger partial charge in [0.15, 0.2) is 0 Å². The molecule has 0 saturated carbocycles. The van der Waals surface area contributed by atoms with Crippen LogP contribution in [0.25, 0.3) is 89.5 Å². The molecule has 4 aromatic heterocycles. The molecule has 1 aliphatic carbocycles. The van der Waals surface area contributed by atoms with E-state index in [1.165, 1.54) is 51.6 Å². The van der Waals surface area contributed by atoms with Gasteiger partial charge in [0, 0.05) is 47.0 Å². The maximum atomic E-state index is 5.07. The molecule has 0 spiro atoms. The lowest BCUT2D eigenvalue weighted by Gasteiger charge is -2.34. The topological polar surface area (TPSA) is 77.3 Å². The second-order valence-electron chi connectivity index (χ2n) is 16.8. The number of fused-ring (bicyclic) bond motifs is 3. The van der Waals surface area contributed by atoms with Gasteiger partial charge in [-0.25, -0.2) is 29.9 Å². The van der Waals surface area contributed by atoms with Gasteiger partial charge in [-0.15, -0.1) is 0 Å². The molecular weight excluding hydrogens is 817 g/mol. The molecule has 6 nitrogen and oxygen atoms in total. The van der Waals surface area contributed by atoms with E-state index in [1.807, 2.05) is 24.3 Å². The molecule has 0 unspecified atom stereocenters. The number of pyridine rings is 2. The van der Waals surface area contributed by atoms with Crippen LogP contribution < -0.4 is 0 Å². The molecule has 0 N–H and O–H groups in total. The Kier molecular flexibility index (Phi) is 9.95. The molecule has 0 amide bonds. The average Bonchev–Trinajstić information content (AvgIpc) is 3.73. The fourth-order valence-corrected chi connectivity index (χ4v) is 9.94. The van der Waals surface area contributed by atoms with Crippen molar-refractivity contribution in [1.29, 1.82) is 0 Å². The summed E-state index contributed by atoms with van der Waals surface area (Å²) in [6.45, 7) is 0. The van der Waals surface area contributed by atoms with Crippen LogP contribution in [0, 0.1) is 0 Å². The zero-order valence-electron chi connectivity index (χ0n) is 36.3. The summed E-state index contributed by atoms with van der Waals surface area (Å²) in [6.07, 6.45) is 10.3. The Morgan fingerprint density at radius 1 is 0.269 bits per heavy atom. The summed E-state index contributed by atoms with van der Waals surface area (Å²) < 4.78 is 0. The summed E-state index contributed by atoms with van der Waals surface area (Å²) in [5, 5.41) is 0.